The molecule has 1 aromatic carbocycles. The molecular formula is C26H31NO8. The summed E-state index contributed by atoms with van der Waals surface area (Å²) in [7, 11) is 1.27. The summed E-state index contributed by atoms with van der Waals surface area (Å²) in [5.74, 6) is -2.31. The molecule has 0 bridgehead atoms. The molecule has 0 radical (unpaired) electrons. The lowest BCUT2D eigenvalue weighted by molar-refractivity contribution is -0.151. The molecule has 9 nitrogen and oxygen atoms in total. The quantitative estimate of drug-likeness (QED) is 0.338. The molecule has 188 valence electrons. The van der Waals surface area contributed by atoms with E-state index in [0.717, 1.165) is 6.42 Å². The third-order valence-electron chi connectivity index (χ3n) is 6.50. The van der Waals surface area contributed by atoms with Crippen LogP contribution in [0.3, 0.4) is 0 Å². The molecule has 0 saturated carbocycles. The molecule has 0 unspecified atom stereocenters. The van der Waals surface area contributed by atoms with E-state index in [9.17, 15) is 14.4 Å². The van der Waals surface area contributed by atoms with Crippen molar-refractivity contribution >= 4 is 17.7 Å². The van der Waals surface area contributed by atoms with E-state index in [4.69, 9.17) is 23.7 Å². The molecule has 0 fully saturated rings. The second-order valence-electron chi connectivity index (χ2n) is 8.90. The summed E-state index contributed by atoms with van der Waals surface area (Å²) in [6.45, 7) is 6.68. The van der Waals surface area contributed by atoms with Gasteiger partial charge in [-0.2, -0.15) is 0 Å². The lowest BCUT2D eigenvalue weighted by atomic mass is 9.69. The van der Waals surface area contributed by atoms with E-state index in [2.05, 4.69) is 5.32 Å². The molecule has 3 aliphatic rings. The predicted octanol–water partition coefficient (Wildman–Crippen LogP) is 3.00. The molecule has 0 saturated heterocycles. The summed E-state index contributed by atoms with van der Waals surface area (Å²) in [5.41, 5.74) is 2.65. The van der Waals surface area contributed by atoms with Crippen LogP contribution in [0.15, 0.2) is 40.7 Å². The lowest BCUT2D eigenvalue weighted by Gasteiger charge is -2.38. The van der Waals surface area contributed by atoms with Crippen molar-refractivity contribution < 1.29 is 38.1 Å². The first-order valence-corrected chi connectivity index (χ1v) is 11.8. The van der Waals surface area contributed by atoms with Gasteiger partial charge in [0.25, 0.3) is 0 Å². The third kappa shape index (κ3) is 4.77. The van der Waals surface area contributed by atoms with E-state index in [-0.39, 0.29) is 31.7 Å². The Morgan fingerprint density at radius 3 is 2.66 bits per heavy atom. The molecular weight excluding hydrogens is 454 g/mol. The average Bonchev–Trinajstić information content (AvgIpc) is 3.30. The Bertz CT molecular complexity index is 1090. The lowest BCUT2D eigenvalue weighted by Crippen LogP contribution is -2.43. The number of Topliss-reactive ketones (excluding diaryl/α,β-unsaturated/α-hetero) is 1. The summed E-state index contributed by atoms with van der Waals surface area (Å²) >= 11 is 0. The maximum Gasteiger partial charge on any atom is 0.336 e. The zero-order valence-electron chi connectivity index (χ0n) is 20.5. The van der Waals surface area contributed by atoms with Crippen LogP contribution in [0.1, 0.15) is 45.1 Å². The highest BCUT2D eigenvalue weighted by Crippen LogP contribution is 2.47. The maximum atomic E-state index is 13.7. The number of hydrogen-bond donors (Lipinski definition) is 1. The van der Waals surface area contributed by atoms with E-state index in [1.54, 1.807) is 25.1 Å². The fraction of sp³-hybridized carbons (Fsp3) is 0.500. The van der Waals surface area contributed by atoms with Gasteiger partial charge in [0.15, 0.2) is 17.3 Å². The zero-order valence-corrected chi connectivity index (χ0v) is 20.5. The van der Waals surface area contributed by atoms with Gasteiger partial charge in [0, 0.05) is 29.5 Å². The molecule has 9 heteroatoms. The van der Waals surface area contributed by atoms with Crippen molar-refractivity contribution in [3.63, 3.8) is 0 Å². The largest absolute Gasteiger partial charge is 0.468 e. The van der Waals surface area contributed by atoms with Crippen LogP contribution in [0.2, 0.25) is 0 Å². The molecule has 35 heavy (non-hydrogen) atoms. The highest BCUT2D eigenvalue weighted by atomic mass is 16.7. The number of allylic oxidation sites excluding steroid dienone is 3. The highest BCUT2D eigenvalue weighted by Gasteiger charge is 2.47. The third-order valence-corrected chi connectivity index (χ3v) is 6.50. The number of ether oxygens (including phenoxy) is 5. The van der Waals surface area contributed by atoms with Gasteiger partial charge in [0.05, 0.1) is 19.3 Å². The number of carbonyl (C=O) groups excluding carboxylic acids is 3. The second-order valence-corrected chi connectivity index (χ2v) is 8.90. The van der Waals surface area contributed by atoms with E-state index >= 15 is 0 Å². The predicted molar refractivity (Wildman–Crippen MR) is 125 cm³/mol. The summed E-state index contributed by atoms with van der Waals surface area (Å²) in [4.78, 5) is 39.6. The van der Waals surface area contributed by atoms with Gasteiger partial charge in [-0.15, -0.1) is 0 Å². The Hall–Kier alpha value is -3.33. The molecule has 1 aliphatic carbocycles. The average molecular weight is 486 g/mol. The fourth-order valence-corrected chi connectivity index (χ4v) is 4.89. The van der Waals surface area contributed by atoms with Crippen molar-refractivity contribution in [2.24, 2.45) is 11.8 Å². The molecule has 0 spiro atoms. The SMILES string of the molecule is CCCOCCOC(=O)C1=C(C)NC2=C(C(=O)[C@H](C(=O)OC)[C@H](C)C2)[C@@H]1c1ccc2c(c1)OCO2. The molecule has 1 aromatic rings. The van der Waals surface area contributed by atoms with Crippen LogP contribution in [-0.4, -0.2) is 51.4 Å². The van der Waals surface area contributed by atoms with Crippen molar-refractivity contribution in [1.82, 2.24) is 5.32 Å². The van der Waals surface area contributed by atoms with Gasteiger partial charge in [0.2, 0.25) is 6.79 Å². The number of methoxy groups -OCH3 is 1. The van der Waals surface area contributed by atoms with E-state index in [1.165, 1.54) is 7.11 Å². The monoisotopic (exact) mass is 485 g/mol. The van der Waals surface area contributed by atoms with Gasteiger partial charge in [-0.05, 0) is 43.4 Å². The molecule has 0 aromatic heterocycles. The molecule has 2 aliphatic heterocycles. The fourth-order valence-electron chi connectivity index (χ4n) is 4.89. The summed E-state index contributed by atoms with van der Waals surface area (Å²) in [5, 5.41) is 3.25. The first-order chi connectivity index (χ1) is 16.9. The van der Waals surface area contributed by atoms with Crippen molar-refractivity contribution in [3.05, 3.63) is 46.3 Å². The Labute approximate surface area is 204 Å². The topological polar surface area (TPSA) is 109 Å². The van der Waals surface area contributed by atoms with Crippen LogP contribution in [0.4, 0.5) is 0 Å². The van der Waals surface area contributed by atoms with Gasteiger partial charge >= 0.3 is 11.9 Å². The molecule has 0 amide bonds. The number of rotatable bonds is 8. The summed E-state index contributed by atoms with van der Waals surface area (Å²) in [6, 6.07) is 5.33. The van der Waals surface area contributed by atoms with Gasteiger partial charge in [0.1, 0.15) is 12.5 Å². The molecule has 4 rings (SSSR count). The number of hydrogen-bond acceptors (Lipinski definition) is 9. The van der Waals surface area contributed by atoms with Crippen LogP contribution >= 0.6 is 0 Å². The maximum absolute atomic E-state index is 13.7. The minimum Gasteiger partial charge on any atom is -0.468 e. The Balaban J connectivity index is 1.74. The van der Waals surface area contributed by atoms with Gasteiger partial charge in [-0.1, -0.05) is 19.9 Å². The first kappa shape index (κ1) is 24.8. The number of benzene rings is 1. The standard InChI is InChI=1S/C26H31NO8/c1-5-8-32-9-10-33-26(30)21-15(3)27-17-11-14(2)20(25(29)31-4)24(28)23(17)22(21)16-6-7-18-19(12-16)35-13-34-18/h6-7,12,14,20,22,27H,5,8-11,13H2,1-4H3/t14-,20-,22-/m1/s1. The van der Waals surface area contributed by atoms with Crippen molar-refractivity contribution in [2.75, 3.05) is 33.7 Å². The van der Waals surface area contributed by atoms with Crippen LogP contribution < -0.4 is 14.8 Å². The van der Waals surface area contributed by atoms with Crippen LogP contribution in [0.25, 0.3) is 0 Å². The minimum atomic E-state index is -0.949. The molecule has 2 heterocycles. The molecule has 1 N–H and O–H groups in total. The normalized spacial score (nSPS) is 23.1. The smallest absolute Gasteiger partial charge is 0.336 e. The zero-order chi connectivity index (χ0) is 25.1. The van der Waals surface area contributed by atoms with Crippen molar-refractivity contribution in [1.29, 1.82) is 0 Å². The number of fused-ring (bicyclic) bond motifs is 1. The summed E-state index contributed by atoms with van der Waals surface area (Å²) in [6.07, 6.45) is 1.33. The number of esters is 2. The Kier molecular flexibility index (Phi) is 7.45. The number of dihydropyridines is 1. The van der Waals surface area contributed by atoms with Gasteiger partial charge in [-0.3, -0.25) is 9.59 Å². The van der Waals surface area contributed by atoms with Crippen LogP contribution in [0.5, 0.6) is 11.5 Å². The van der Waals surface area contributed by atoms with Crippen LogP contribution in [-0.2, 0) is 28.6 Å². The first-order valence-electron chi connectivity index (χ1n) is 11.8. The van der Waals surface area contributed by atoms with Crippen molar-refractivity contribution in [3.8, 4) is 11.5 Å². The van der Waals surface area contributed by atoms with E-state index < -0.39 is 23.8 Å². The van der Waals surface area contributed by atoms with E-state index in [0.29, 0.717) is 52.6 Å². The summed E-state index contributed by atoms with van der Waals surface area (Å²) < 4.78 is 26.9. The minimum absolute atomic E-state index is 0.0884. The van der Waals surface area contributed by atoms with Crippen molar-refractivity contribution in [2.45, 2.75) is 39.5 Å². The number of ketones is 1. The highest BCUT2D eigenvalue weighted by molar-refractivity contribution is 6.12. The molecule has 3 atom stereocenters. The number of nitrogens with one attached hydrogen (secondary N) is 1. The Morgan fingerprint density at radius 1 is 1.14 bits per heavy atom. The second kappa shape index (κ2) is 10.5. The van der Waals surface area contributed by atoms with Crippen LogP contribution in [0, 0.1) is 11.8 Å². The van der Waals surface area contributed by atoms with Gasteiger partial charge in [-0.25, -0.2) is 4.79 Å². The van der Waals surface area contributed by atoms with Gasteiger partial charge < -0.3 is 29.0 Å². The Morgan fingerprint density at radius 2 is 1.91 bits per heavy atom. The number of carbonyl (C=O) groups is 3. The van der Waals surface area contributed by atoms with E-state index in [1.807, 2.05) is 13.8 Å².